The minimum absolute atomic E-state index is 0.116. The van der Waals surface area contributed by atoms with Crippen LogP contribution in [0.3, 0.4) is 0 Å². The van der Waals surface area contributed by atoms with Gasteiger partial charge in [-0.15, -0.1) is 0 Å². The summed E-state index contributed by atoms with van der Waals surface area (Å²) in [7, 11) is 0. The Hall–Kier alpha value is -6.96. The second-order valence-electron chi connectivity index (χ2n) is 14.7. The summed E-state index contributed by atoms with van der Waals surface area (Å²) >= 11 is 0. The zero-order valence-corrected chi connectivity index (χ0v) is 31.0. The van der Waals surface area contributed by atoms with Gasteiger partial charge >= 0.3 is 0 Å². The van der Waals surface area contributed by atoms with Gasteiger partial charge in [0.1, 0.15) is 0 Å². The summed E-state index contributed by atoms with van der Waals surface area (Å²) in [4.78, 5) is 1.41. The van der Waals surface area contributed by atoms with Crippen molar-refractivity contribution < 1.29 is 11.0 Å². The molecule has 9 aromatic rings. The summed E-state index contributed by atoms with van der Waals surface area (Å²) in [6, 6.07) is 49.9. The van der Waals surface area contributed by atoms with Gasteiger partial charge in [-0.25, -0.2) is 0 Å². The van der Waals surface area contributed by atoms with Crippen LogP contribution in [0.15, 0.2) is 212 Å². The first-order valence-electron chi connectivity index (χ1n) is 22.9. The van der Waals surface area contributed by atoms with Gasteiger partial charge in [-0.2, -0.15) is 0 Å². The Morgan fingerprint density at radius 1 is 0.393 bits per heavy atom. The zero-order chi connectivity index (χ0) is 44.6. The van der Waals surface area contributed by atoms with Gasteiger partial charge < -0.3 is 4.90 Å². The lowest BCUT2D eigenvalue weighted by molar-refractivity contribution is 0.662. The number of anilines is 3. The van der Waals surface area contributed by atoms with E-state index >= 15 is 0 Å². The largest absolute Gasteiger partial charge is 0.310 e. The number of hydrogen-bond acceptors (Lipinski definition) is 1. The predicted octanol–water partition coefficient (Wildman–Crippen LogP) is 15.3. The Labute approximate surface area is 341 Å². The van der Waals surface area contributed by atoms with Gasteiger partial charge in [0.05, 0.1) is 11.0 Å². The third-order valence-corrected chi connectivity index (χ3v) is 11.0. The van der Waals surface area contributed by atoms with Crippen LogP contribution in [-0.2, 0) is 5.41 Å². The molecule has 0 heterocycles. The minimum Gasteiger partial charge on any atom is -0.310 e. The Kier molecular flexibility index (Phi) is 6.36. The Morgan fingerprint density at radius 3 is 1.84 bits per heavy atom. The molecule has 0 atom stereocenters. The van der Waals surface area contributed by atoms with Gasteiger partial charge in [-0.1, -0.05) is 178 Å². The summed E-state index contributed by atoms with van der Waals surface area (Å²) in [5.74, 6) is 0. The van der Waals surface area contributed by atoms with Gasteiger partial charge in [0.2, 0.25) is 0 Å². The molecule has 266 valence electrons. The summed E-state index contributed by atoms with van der Waals surface area (Å²) in [5, 5.41) is 1.84. The third kappa shape index (κ3) is 5.90. The normalized spacial score (nSPS) is 14.6. The number of fused-ring (bicyclic) bond motifs is 4. The van der Waals surface area contributed by atoms with Crippen molar-refractivity contribution in [3.8, 4) is 55.6 Å². The quantitative estimate of drug-likeness (QED) is 0.158. The lowest BCUT2D eigenvalue weighted by Gasteiger charge is -2.27. The molecule has 9 aromatic carbocycles. The van der Waals surface area contributed by atoms with Crippen LogP contribution in [0.2, 0.25) is 0 Å². The van der Waals surface area contributed by atoms with Gasteiger partial charge in [0, 0.05) is 22.5 Å². The molecule has 10 rings (SSSR count). The molecule has 1 aliphatic carbocycles. The van der Waals surface area contributed by atoms with Crippen LogP contribution in [0.25, 0.3) is 66.4 Å². The molecule has 0 N–H and O–H groups in total. The van der Waals surface area contributed by atoms with E-state index in [-0.39, 0.29) is 64.2 Å². The molecule has 0 saturated heterocycles. The fourth-order valence-electron chi connectivity index (χ4n) is 8.23. The molecule has 0 unspecified atom stereocenters. The van der Waals surface area contributed by atoms with E-state index in [9.17, 15) is 8.22 Å². The fourth-order valence-corrected chi connectivity index (χ4v) is 8.23. The van der Waals surface area contributed by atoms with E-state index in [1.165, 1.54) is 27.2 Å². The molecule has 0 aliphatic heterocycles. The van der Waals surface area contributed by atoms with Crippen LogP contribution in [0, 0.1) is 0 Å². The van der Waals surface area contributed by atoms with Gasteiger partial charge in [0.15, 0.2) is 0 Å². The van der Waals surface area contributed by atoms with Crippen molar-refractivity contribution in [2.24, 2.45) is 0 Å². The highest BCUT2D eigenvalue weighted by atomic mass is 15.1. The fraction of sp³-hybridized carbons (Fsp3) is 0.0545. The molecular formula is C55H41N. The minimum atomic E-state index is -0.444. The SMILES string of the molecule is [2H]c1c([2H])c(-c2ccc3ccccc3c2)c([2H])c(N(c2ccc(-c3cccc4c3C(C)(C)c3ccccc3-4)cc2)c2c([2H])c([2H])c(-c3cccc(-c4ccccc4)c3)c([2H])c2[2H])c1[2H]. The summed E-state index contributed by atoms with van der Waals surface area (Å²) in [5.41, 5.74) is 9.57. The maximum Gasteiger partial charge on any atom is 0.0651 e. The Bertz CT molecular complexity index is 3310. The van der Waals surface area contributed by atoms with Gasteiger partial charge in [-0.05, 0) is 126 Å². The predicted molar refractivity (Wildman–Crippen MR) is 238 cm³/mol. The van der Waals surface area contributed by atoms with E-state index in [2.05, 4.69) is 56.3 Å². The Balaban J connectivity index is 1.19. The highest BCUT2D eigenvalue weighted by molar-refractivity contribution is 5.91. The topological polar surface area (TPSA) is 3.24 Å². The Morgan fingerprint density at radius 2 is 1.02 bits per heavy atom. The highest BCUT2D eigenvalue weighted by Crippen LogP contribution is 2.52. The van der Waals surface area contributed by atoms with Gasteiger partial charge in [0.25, 0.3) is 0 Å². The molecular weight excluding hydrogens is 675 g/mol. The van der Waals surface area contributed by atoms with Gasteiger partial charge in [-0.3, -0.25) is 0 Å². The molecule has 56 heavy (non-hydrogen) atoms. The van der Waals surface area contributed by atoms with E-state index in [1.807, 2.05) is 97.1 Å². The van der Waals surface area contributed by atoms with Crippen molar-refractivity contribution in [2.45, 2.75) is 19.3 Å². The lowest BCUT2D eigenvalue weighted by atomic mass is 9.79. The van der Waals surface area contributed by atoms with Crippen LogP contribution in [0.4, 0.5) is 17.1 Å². The first-order chi connectivity index (χ1) is 30.9. The van der Waals surface area contributed by atoms with Crippen LogP contribution in [0.1, 0.15) is 35.9 Å². The molecule has 1 aliphatic rings. The van der Waals surface area contributed by atoms with E-state index < -0.39 is 12.1 Å². The first-order valence-corrected chi connectivity index (χ1v) is 18.9. The van der Waals surface area contributed by atoms with E-state index in [4.69, 9.17) is 2.74 Å². The highest BCUT2D eigenvalue weighted by Gasteiger charge is 2.37. The number of rotatable bonds is 7. The molecule has 0 amide bonds. The smallest absolute Gasteiger partial charge is 0.0651 e. The zero-order valence-electron chi connectivity index (χ0n) is 39.0. The molecule has 0 fully saturated rings. The average molecular weight is 724 g/mol. The molecule has 1 heteroatoms. The van der Waals surface area contributed by atoms with Crippen LogP contribution >= 0.6 is 0 Å². The number of benzene rings is 9. The molecule has 1 nitrogen and oxygen atoms in total. The second-order valence-corrected chi connectivity index (χ2v) is 14.7. The number of nitrogens with zero attached hydrogens (tertiary/aromatic N) is 1. The van der Waals surface area contributed by atoms with Crippen molar-refractivity contribution in [3.63, 3.8) is 0 Å². The number of hydrogen-bond donors (Lipinski definition) is 0. The molecule has 0 spiro atoms. The maximum atomic E-state index is 9.82. The monoisotopic (exact) mass is 723 g/mol. The van der Waals surface area contributed by atoms with Crippen molar-refractivity contribution in [1.82, 2.24) is 0 Å². The summed E-state index contributed by atoms with van der Waals surface area (Å²) in [6.45, 7) is 4.46. The molecule has 0 bridgehead atoms. The van der Waals surface area contributed by atoms with Crippen molar-refractivity contribution in [1.29, 1.82) is 0 Å². The summed E-state index contributed by atoms with van der Waals surface area (Å²) < 4.78 is 75.7. The first kappa shape index (κ1) is 26.0. The van der Waals surface area contributed by atoms with Crippen molar-refractivity contribution in [2.75, 3.05) is 4.90 Å². The van der Waals surface area contributed by atoms with E-state index in [1.54, 1.807) is 24.3 Å². The molecule has 0 radical (unpaired) electrons. The van der Waals surface area contributed by atoms with E-state index in [0.29, 0.717) is 16.8 Å². The van der Waals surface area contributed by atoms with Crippen molar-refractivity contribution >= 4 is 27.8 Å². The lowest BCUT2D eigenvalue weighted by Crippen LogP contribution is -2.16. The third-order valence-electron chi connectivity index (χ3n) is 11.0. The van der Waals surface area contributed by atoms with Crippen molar-refractivity contribution in [3.05, 3.63) is 223 Å². The standard InChI is InChI=1S/C55H41N/c1-55(2)53-24-9-8-21-51(53)52-23-12-22-50(54(52)55)41-29-33-48(34-30-41)56(49-20-11-19-45(37-49)46-26-25-39-15-6-7-16-42(39)36-46)47-31-27-40(28-32-47)44-18-10-17-43(35-44)38-13-4-3-5-14-38/h3-37H,1-2H3/i11D,19D,20D,27D,28D,31D,32D,37D. The molecule has 0 aromatic heterocycles. The second kappa shape index (κ2) is 13.7. The maximum absolute atomic E-state index is 9.82. The molecule has 0 saturated carbocycles. The van der Waals surface area contributed by atoms with Crippen LogP contribution in [0.5, 0.6) is 0 Å². The average Bonchev–Trinajstić information content (AvgIpc) is 3.56. The summed E-state index contributed by atoms with van der Waals surface area (Å²) in [6.07, 6.45) is 0. The van der Waals surface area contributed by atoms with E-state index in [0.717, 1.165) is 33.0 Å². The van der Waals surface area contributed by atoms with Crippen LogP contribution < -0.4 is 4.90 Å². The van der Waals surface area contributed by atoms with Crippen LogP contribution in [-0.4, -0.2) is 0 Å².